The van der Waals surface area contributed by atoms with E-state index in [4.69, 9.17) is 0 Å². The number of piperidine rings is 1. The molecule has 2 aliphatic rings. The van der Waals surface area contributed by atoms with Gasteiger partial charge in [-0.25, -0.2) is 4.98 Å². The first-order chi connectivity index (χ1) is 8.33. The summed E-state index contributed by atoms with van der Waals surface area (Å²) in [7, 11) is 0. The van der Waals surface area contributed by atoms with Crippen LogP contribution in [0.1, 0.15) is 44.1 Å². The molecule has 0 aliphatic carbocycles. The molecule has 0 saturated carbocycles. The van der Waals surface area contributed by atoms with Gasteiger partial charge in [0.1, 0.15) is 5.82 Å². The third kappa shape index (κ3) is 2.39. The number of nitrogens with one attached hydrogen (secondary N) is 1. The monoisotopic (exact) mass is 233 g/mol. The minimum atomic E-state index is 0.660. The average Bonchev–Trinajstić information content (AvgIpc) is 2.73. The van der Waals surface area contributed by atoms with Crippen molar-refractivity contribution in [3.8, 4) is 0 Å². The standard InChI is InChI=1S/C14H23N3/c1-11-5-6-13-9-16-14(17(13)10-11)8-12-4-2-3-7-15-12/h9,11-12,15H,2-8,10H2,1H3. The van der Waals surface area contributed by atoms with E-state index < -0.39 is 0 Å². The molecular formula is C14H23N3. The lowest BCUT2D eigenvalue weighted by Crippen LogP contribution is -2.36. The van der Waals surface area contributed by atoms with E-state index in [1.807, 2.05) is 0 Å². The molecule has 17 heavy (non-hydrogen) atoms. The third-order valence-corrected chi connectivity index (χ3v) is 4.25. The SMILES string of the molecule is CC1CCc2cnc(CC3CCCCN3)n2C1. The van der Waals surface area contributed by atoms with Crippen LogP contribution in [0.4, 0.5) is 0 Å². The van der Waals surface area contributed by atoms with E-state index in [-0.39, 0.29) is 0 Å². The Hall–Kier alpha value is -0.830. The normalized spacial score (nSPS) is 29.0. The van der Waals surface area contributed by atoms with Gasteiger partial charge in [0.25, 0.3) is 0 Å². The number of imidazole rings is 1. The summed E-state index contributed by atoms with van der Waals surface area (Å²) < 4.78 is 2.48. The molecule has 0 aromatic carbocycles. The molecule has 0 radical (unpaired) electrons. The Balaban J connectivity index is 1.72. The summed E-state index contributed by atoms with van der Waals surface area (Å²) in [4.78, 5) is 4.65. The van der Waals surface area contributed by atoms with Crippen molar-refractivity contribution in [3.05, 3.63) is 17.7 Å². The average molecular weight is 233 g/mol. The van der Waals surface area contributed by atoms with Crippen LogP contribution in [0.3, 0.4) is 0 Å². The zero-order chi connectivity index (χ0) is 11.7. The Labute approximate surface area is 104 Å². The molecule has 0 amide bonds. The molecule has 1 aromatic heterocycles. The van der Waals surface area contributed by atoms with Crippen molar-refractivity contribution in [1.29, 1.82) is 0 Å². The molecule has 2 aliphatic heterocycles. The molecular weight excluding hydrogens is 210 g/mol. The summed E-state index contributed by atoms with van der Waals surface area (Å²) in [5, 5.41) is 3.62. The number of hydrogen-bond donors (Lipinski definition) is 1. The van der Waals surface area contributed by atoms with Gasteiger partial charge in [0, 0.05) is 30.9 Å². The molecule has 0 bridgehead atoms. The molecule has 1 aromatic rings. The van der Waals surface area contributed by atoms with Crippen molar-refractivity contribution >= 4 is 0 Å². The second kappa shape index (κ2) is 4.81. The molecule has 1 fully saturated rings. The molecule has 0 spiro atoms. The fourth-order valence-corrected chi connectivity index (χ4v) is 3.16. The fourth-order valence-electron chi connectivity index (χ4n) is 3.16. The van der Waals surface area contributed by atoms with E-state index in [1.165, 1.54) is 56.7 Å². The van der Waals surface area contributed by atoms with Crippen LogP contribution in [0.5, 0.6) is 0 Å². The van der Waals surface area contributed by atoms with Gasteiger partial charge in [-0.15, -0.1) is 0 Å². The fraction of sp³-hybridized carbons (Fsp3) is 0.786. The third-order valence-electron chi connectivity index (χ3n) is 4.25. The summed E-state index contributed by atoms with van der Waals surface area (Å²) in [6, 6.07) is 0.660. The van der Waals surface area contributed by atoms with Gasteiger partial charge < -0.3 is 9.88 Å². The van der Waals surface area contributed by atoms with Gasteiger partial charge in [-0.05, 0) is 38.1 Å². The Morgan fingerprint density at radius 3 is 3.18 bits per heavy atom. The van der Waals surface area contributed by atoms with Gasteiger partial charge in [0.05, 0.1) is 0 Å². The first kappa shape index (κ1) is 11.3. The smallest absolute Gasteiger partial charge is 0.110 e. The number of hydrogen-bond acceptors (Lipinski definition) is 2. The highest BCUT2D eigenvalue weighted by molar-refractivity contribution is 5.09. The summed E-state index contributed by atoms with van der Waals surface area (Å²) in [6.45, 7) is 4.72. The second-order valence-electron chi connectivity index (χ2n) is 5.77. The van der Waals surface area contributed by atoms with Crippen LogP contribution in [0.25, 0.3) is 0 Å². The van der Waals surface area contributed by atoms with Gasteiger partial charge in [-0.2, -0.15) is 0 Å². The maximum atomic E-state index is 4.65. The van der Waals surface area contributed by atoms with E-state index in [1.54, 1.807) is 0 Å². The lowest BCUT2D eigenvalue weighted by Gasteiger charge is -2.26. The molecule has 3 heterocycles. The lowest BCUT2D eigenvalue weighted by atomic mass is 9.99. The van der Waals surface area contributed by atoms with Crippen molar-refractivity contribution in [3.63, 3.8) is 0 Å². The van der Waals surface area contributed by atoms with Crippen LogP contribution in [0, 0.1) is 5.92 Å². The van der Waals surface area contributed by atoms with Crippen LogP contribution < -0.4 is 5.32 Å². The Bertz CT molecular complexity index is 377. The van der Waals surface area contributed by atoms with Gasteiger partial charge in [-0.1, -0.05) is 13.3 Å². The number of nitrogens with zero attached hydrogens (tertiary/aromatic N) is 2. The molecule has 3 heteroatoms. The predicted octanol–water partition coefficient (Wildman–Crippen LogP) is 2.15. The molecule has 2 unspecified atom stereocenters. The van der Waals surface area contributed by atoms with Crippen LogP contribution in [-0.4, -0.2) is 22.1 Å². The Morgan fingerprint density at radius 2 is 2.35 bits per heavy atom. The zero-order valence-corrected chi connectivity index (χ0v) is 10.8. The Morgan fingerprint density at radius 1 is 1.41 bits per heavy atom. The first-order valence-corrected chi connectivity index (χ1v) is 7.09. The molecule has 94 valence electrons. The number of rotatable bonds is 2. The van der Waals surface area contributed by atoms with Gasteiger partial charge in [0.2, 0.25) is 0 Å². The van der Waals surface area contributed by atoms with E-state index in [2.05, 4.69) is 28.0 Å². The van der Waals surface area contributed by atoms with E-state index in [0.717, 1.165) is 12.3 Å². The number of aromatic nitrogens is 2. The van der Waals surface area contributed by atoms with Gasteiger partial charge in [-0.3, -0.25) is 0 Å². The minimum absolute atomic E-state index is 0.660. The molecule has 3 rings (SSSR count). The highest BCUT2D eigenvalue weighted by Crippen LogP contribution is 2.22. The molecule has 1 saturated heterocycles. The minimum Gasteiger partial charge on any atom is -0.332 e. The van der Waals surface area contributed by atoms with Gasteiger partial charge >= 0.3 is 0 Å². The number of fused-ring (bicyclic) bond motifs is 1. The van der Waals surface area contributed by atoms with E-state index >= 15 is 0 Å². The molecule has 3 nitrogen and oxygen atoms in total. The maximum Gasteiger partial charge on any atom is 0.110 e. The lowest BCUT2D eigenvalue weighted by molar-refractivity contribution is 0.364. The van der Waals surface area contributed by atoms with Crippen molar-refractivity contribution in [2.75, 3.05) is 6.54 Å². The Kier molecular flexibility index (Phi) is 3.19. The van der Waals surface area contributed by atoms with Crippen LogP contribution in [-0.2, 0) is 19.4 Å². The van der Waals surface area contributed by atoms with Crippen molar-refractivity contribution in [1.82, 2.24) is 14.9 Å². The van der Waals surface area contributed by atoms with Crippen molar-refractivity contribution < 1.29 is 0 Å². The summed E-state index contributed by atoms with van der Waals surface area (Å²) >= 11 is 0. The van der Waals surface area contributed by atoms with Crippen LogP contribution in [0.2, 0.25) is 0 Å². The van der Waals surface area contributed by atoms with Crippen molar-refractivity contribution in [2.45, 2.75) is 58.0 Å². The largest absolute Gasteiger partial charge is 0.332 e. The first-order valence-electron chi connectivity index (χ1n) is 7.09. The summed E-state index contributed by atoms with van der Waals surface area (Å²) in [5.41, 5.74) is 1.45. The van der Waals surface area contributed by atoms with E-state index in [9.17, 15) is 0 Å². The van der Waals surface area contributed by atoms with E-state index in [0.29, 0.717) is 6.04 Å². The van der Waals surface area contributed by atoms with Gasteiger partial charge in [0.15, 0.2) is 0 Å². The van der Waals surface area contributed by atoms with Crippen LogP contribution in [0.15, 0.2) is 6.20 Å². The topological polar surface area (TPSA) is 29.9 Å². The summed E-state index contributed by atoms with van der Waals surface area (Å²) in [6.07, 6.45) is 9.79. The second-order valence-corrected chi connectivity index (χ2v) is 5.77. The molecule has 2 atom stereocenters. The van der Waals surface area contributed by atoms with Crippen LogP contribution >= 0.6 is 0 Å². The highest BCUT2D eigenvalue weighted by Gasteiger charge is 2.21. The highest BCUT2D eigenvalue weighted by atomic mass is 15.1. The summed E-state index contributed by atoms with van der Waals surface area (Å²) in [5.74, 6) is 2.13. The molecule has 1 N–H and O–H groups in total. The predicted molar refractivity (Wildman–Crippen MR) is 69.1 cm³/mol. The quantitative estimate of drug-likeness (QED) is 0.848. The number of aryl methyl sites for hydroxylation is 1. The van der Waals surface area contributed by atoms with Crippen molar-refractivity contribution in [2.24, 2.45) is 5.92 Å². The maximum absolute atomic E-state index is 4.65. The zero-order valence-electron chi connectivity index (χ0n) is 10.8.